The highest BCUT2D eigenvalue weighted by Gasteiger charge is 2.24. The molecule has 0 atom stereocenters. The maximum absolute atomic E-state index is 12.7. The molecule has 0 aliphatic heterocycles. The third-order valence-corrected chi connectivity index (χ3v) is 5.18. The van der Waals surface area contributed by atoms with E-state index in [-0.39, 0.29) is 4.90 Å². The molecule has 0 saturated heterocycles. The maximum Gasteiger partial charge on any atom is 0.264 e. The van der Waals surface area contributed by atoms with Crippen molar-refractivity contribution in [2.75, 3.05) is 10.8 Å². The lowest BCUT2D eigenvalue weighted by molar-refractivity contribution is 0.591. The highest BCUT2D eigenvalue weighted by Crippen LogP contribution is 2.28. The smallest absolute Gasteiger partial charge is 0.264 e. The van der Waals surface area contributed by atoms with Crippen molar-refractivity contribution in [1.29, 1.82) is 0 Å². The summed E-state index contributed by atoms with van der Waals surface area (Å²) in [5, 5.41) is 0.597. The summed E-state index contributed by atoms with van der Waals surface area (Å²) in [6.45, 7) is 4.03. The third-order valence-electron chi connectivity index (χ3n) is 3.05. The molecule has 5 heteroatoms. The van der Waals surface area contributed by atoms with Crippen LogP contribution in [0.25, 0.3) is 0 Å². The van der Waals surface area contributed by atoms with Gasteiger partial charge in [-0.25, -0.2) is 8.42 Å². The van der Waals surface area contributed by atoms with Crippen LogP contribution in [0.4, 0.5) is 5.69 Å². The van der Waals surface area contributed by atoms with Crippen molar-refractivity contribution in [3.8, 4) is 0 Å². The molecule has 0 bridgehead atoms. The zero-order valence-electron chi connectivity index (χ0n) is 11.4. The molecule has 2 aromatic carbocycles. The predicted molar refractivity (Wildman–Crippen MR) is 82.8 cm³/mol. The molecule has 0 aliphatic carbocycles. The largest absolute Gasteiger partial charge is 0.266 e. The van der Waals surface area contributed by atoms with Gasteiger partial charge in [0.25, 0.3) is 10.0 Å². The Labute approximate surface area is 124 Å². The minimum atomic E-state index is -3.55. The van der Waals surface area contributed by atoms with Gasteiger partial charge in [0.2, 0.25) is 0 Å². The van der Waals surface area contributed by atoms with Gasteiger partial charge in [0.1, 0.15) is 0 Å². The summed E-state index contributed by atoms with van der Waals surface area (Å²) in [4.78, 5) is 0.288. The van der Waals surface area contributed by atoms with Crippen LogP contribution in [0, 0.1) is 6.92 Å². The molecular formula is C15H16ClNO2S. The normalized spacial score (nSPS) is 11.3. The fourth-order valence-corrected chi connectivity index (χ4v) is 3.87. The summed E-state index contributed by atoms with van der Waals surface area (Å²) in [5.41, 5.74) is 1.49. The fraction of sp³-hybridized carbons (Fsp3) is 0.200. The van der Waals surface area contributed by atoms with Gasteiger partial charge in [0.05, 0.1) is 10.6 Å². The van der Waals surface area contributed by atoms with Crippen LogP contribution < -0.4 is 4.31 Å². The van der Waals surface area contributed by atoms with Crippen LogP contribution >= 0.6 is 11.6 Å². The second-order valence-electron chi connectivity index (χ2n) is 4.41. The van der Waals surface area contributed by atoms with E-state index in [9.17, 15) is 8.42 Å². The number of nitrogens with zero attached hydrogens (tertiary/aromatic N) is 1. The summed E-state index contributed by atoms with van der Waals surface area (Å²) in [7, 11) is -3.55. The van der Waals surface area contributed by atoms with Crippen molar-refractivity contribution in [2.24, 2.45) is 0 Å². The first-order valence-corrected chi connectivity index (χ1v) is 8.12. The molecule has 2 aromatic rings. The van der Waals surface area contributed by atoms with E-state index in [0.717, 1.165) is 5.56 Å². The number of anilines is 1. The maximum atomic E-state index is 12.7. The summed E-state index contributed by atoms with van der Waals surface area (Å²) in [6.07, 6.45) is 0. The van der Waals surface area contributed by atoms with Crippen LogP contribution in [-0.2, 0) is 10.0 Å². The van der Waals surface area contributed by atoms with Crippen molar-refractivity contribution in [3.63, 3.8) is 0 Å². The Morgan fingerprint density at radius 3 is 2.30 bits per heavy atom. The molecule has 0 spiro atoms. The summed E-state index contributed by atoms with van der Waals surface area (Å²) in [5.74, 6) is 0. The molecule has 0 radical (unpaired) electrons. The van der Waals surface area contributed by atoms with E-state index in [0.29, 0.717) is 17.3 Å². The highest BCUT2D eigenvalue weighted by molar-refractivity contribution is 7.92. The quantitative estimate of drug-likeness (QED) is 0.860. The van der Waals surface area contributed by atoms with E-state index in [1.165, 1.54) is 4.31 Å². The molecule has 0 amide bonds. The Bertz CT molecular complexity index is 699. The second kappa shape index (κ2) is 5.85. The first kappa shape index (κ1) is 14.9. The number of hydrogen-bond donors (Lipinski definition) is 0. The zero-order valence-corrected chi connectivity index (χ0v) is 12.9. The first-order chi connectivity index (χ1) is 9.46. The topological polar surface area (TPSA) is 37.4 Å². The summed E-state index contributed by atoms with van der Waals surface area (Å²) in [6, 6.07) is 13.6. The van der Waals surface area contributed by atoms with Gasteiger partial charge in [0.15, 0.2) is 0 Å². The van der Waals surface area contributed by atoms with Crippen molar-refractivity contribution < 1.29 is 8.42 Å². The SMILES string of the molecule is CCN(c1ccc(Cl)cc1C)S(=O)(=O)c1ccccc1. The number of benzene rings is 2. The van der Waals surface area contributed by atoms with Crippen molar-refractivity contribution in [1.82, 2.24) is 0 Å². The third kappa shape index (κ3) is 2.81. The van der Waals surface area contributed by atoms with Crippen LogP contribution in [-0.4, -0.2) is 15.0 Å². The number of sulfonamides is 1. The molecular weight excluding hydrogens is 294 g/mol. The lowest BCUT2D eigenvalue weighted by atomic mass is 10.2. The van der Waals surface area contributed by atoms with Gasteiger partial charge < -0.3 is 0 Å². The predicted octanol–water partition coefficient (Wildman–Crippen LogP) is 3.86. The Balaban J connectivity index is 2.52. The highest BCUT2D eigenvalue weighted by atomic mass is 35.5. The number of hydrogen-bond acceptors (Lipinski definition) is 2. The minimum absolute atomic E-state index is 0.288. The number of aryl methyl sites for hydroxylation is 1. The Morgan fingerprint density at radius 2 is 1.75 bits per heavy atom. The monoisotopic (exact) mass is 309 g/mol. The number of rotatable bonds is 4. The fourth-order valence-electron chi connectivity index (χ4n) is 2.09. The average Bonchev–Trinajstić information content (AvgIpc) is 2.43. The average molecular weight is 310 g/mol. The molecule has 2 rings (SSSR count). The molecule has 106 valence electrons. The van der Waals surface area contributed by atoms with Gasteiger partial charge in [0, 0.05) is 11.6 Å². The van der Waals surface area contributed by atoms with Crippen molar-refractivity contribution >= 4 is 27.3 Å². The zero-order chi connectivity index (χ0) is 14.8. The Hall–Kier alpha value is -1.52. The van der Waals surface area contributed by atoms with E-state index in [1.54, 1.807) is 48.5 Å². The Morgan fingerprint density at radius 1 is 1.10 bits per heavy atom. The van der Waals surface area contributed by atoms with Gasteiger partial charge in [-0.1, -0.05) is 29.8 Å². The van der Waals surface area contributed by atoms with Crippen LogP contribution in [0.3, 0.4) is 0 Å². The molecule has 20 heavy (non-hydrogen) atoms. The second-order valence-corrected chi connectivity index (χ2v) is 6.71. The molecule has 0 fully saturated rings. The molecule has 0 aromatic heterocycles. The summed E-state index contributed by atoms with van der Waals surface area (Å²) < 4.78 is 26.8. The lowest BCUT2D eigenvalue weighted by Gasteiger charge is -2.24. The van der Waals surface area contributed by atoms with E-state index < -0.39 is 10.0 Å². The van der Waals surface area contributed by atoms with E-state index in [1.807, 2.05) is 13.8 Å². The molecule has 3 nitrogen and oxygen atoms in total. The number of halogens is 1. The van der Waals surface area contributed by atoms with Crippen molar-refractivity contribution in [3.05, 3.63) is 59.1 Å². The van der Waals surface area contributed by atoms with Gasteiger partial charge >= 0.3 is 0 Å². The van der Waals surface area contributed by atoms with Gasteiger partial charge in [-0.3, -0.25) is 4.31 Å². The molecule has 0 aliphatic rings. The van der Waals surface area contributed by atoms with Crippen LogP contribution in [0.1, 0.15) is 12.5 Å². The van der Waals surface area contributed by atoms with Crippen molar-refractivity contribution in [2.45, 2.75) is 18.7 Å². The first-order valence-electron chi connectivity index (χ1n) is 6.30. The van der Waals surface area contributed by atoms with E-state index >= 15 is 0 Å². The van der Waals surface area contributed by atoms with Gasteiger partial charge in [-0.05, 0) is 49.7 Å². The van der Waals surface area contributed by atoms with Crippen LogP contribution in [0.2, 0.25) is 5.02 Å². The Kier molecular flexibility index (Phi) is 4.35. The minimum Gasteiger partial charge on any atom is -0.266 e. The van der Waals surface area contributed by atoms with Crippen LogP contribution in [0.5, 0.6) is 0 Å². The summed E-state index contributed by atoms with van der Waals surface area (Å²) >= 11 is 5.93. The van der Waals surface area contributed by atoms with Gasteiger partial charge in [-0.2, -0.15) is 0 Å². The molecule has 0 saturated carbocycles. The molecule has 0 heterocycles. The van der Waals surface area contributed by atoms with Gasteiger partial charge in [-0.15, -0.1) is 0 Å². The molecule has 0 N–H and O–H groups in total. The molecule has 0 unspecified atom stereocenters. The van der Waals surface area contributed by atoms with E-state index in [2.05, 4.69) is 0 Å². The lowest BCUT2D eigenvalue weighted by Crippen LogP contribution is -2.31. The van der Waals surface area contributed by atoms with Crippen LogP contribution in [0.15, 0.2) is 53.4 Å². The standard InChI is InChI=1S/C15H16ClNO2S/c1-3-17(15-10-9-13(16)11-12(15)2)20(18,19)14-7-5-4-6-8-14/h4-11H,3H2,1-2H3. The van der Waals surface area contributed by atoms with E-state index in [4.69, 9.17) is 11.6 Å².